The molecule has 1 saturated heterocycles. The molecule has 1 N–H and O–H groups in total. The molecule has 0 saturated carbocycles. The van der Waals surface area contributed by atoms with Gasteiger partial charge in [-0.15, -0.1) is 0 Å². The molecule has 0 radical (unpaired) electrons. The van der Waals surface area contributed by atoms with Gasteiger partial charge in [0.1, 0.15) is 23.5 Å². The Hall–Kier alpha value is -3.26. The molecule has 0 aliphatic carbocycles. The summed E-state index contributed by atoms with van der Waals surface area (Å²) in [5, 5.41) is 3.08. The van der Waals surface area contributed by atoms with Gasteiger partial charge < -0.3 is 19.4 Å². The minimum absolute atomic E-state index is 0.0692. The molecule has 0 bridgehead atoms. The molecule has 4 rings (SSSR count). The SMILES string of the molecule is O=C(Nc1cc(N2CCOCC2)ncn1)c1cc(=O)c2ccccc2o1. The van der Waals surface area contributed by atoms with Crippen molar-refractivity contribution in [3.05, 3.63) is 58.7 Å². The number of para-hydroxylation sites is 1. The van der Waals surface area contributed by atoms with Crippen LogP contribution in [-0.2, 0) is 4.74 Å². The van der Waals surface area contributed by atoms with Crippen LogP contribution in [0.15, 0.2) is 51.9 Å². The Balaban J connectivity index is 1.57. The van der Waals surface area contributed by atoms with Gasteiger partial charge in [0.2, 0.25) is 0 Å². The van der Waals surface area contributed by atoms with Gasteiger partial charge in [0.15, 0.2) is 11.2 Å². The number of carbonyl (C=O) groups is 1. The first-order valence-electron chi connectivity index (χ1n) is 8.20. The summed E-state index contributed by atoms with van der Waals surface area (Å²) in [5.41, 5.74) is 0.0931. The second-order valence-electron chi connectivity index (χ2n) is 5.79. The number of nitrogens with one attached hydrogen (secondary N) is 1. The highest BCUT2D eigenvalue weighted by molar-refractivity contribution is 6.02. The molecule has 2 aromatic heterocycles. The van der Waals surface area contributed by atoms with Crippen LogP contribution < -0.4 is 15.6 Å². The van der Waals surface area contributed by atoms with E-state index in [2.05, 4.69) is 20.2 Å². The molecule has 1 fully saturated rings. The first-order valence-corrected chi connectivity index (χ1v) is 8.20. The number of aromatic nitrogens is 2. The topological polar surface area (TPSA) is 97.6 Å². The van der Waals surface area contributed by atoms with Crippen molar-refractivity contribution in [3.8, 4) is 0 Å². The van der Waals surface area contributed by atoms with Crippen molar-refractivity contribution in [2.24, 2.45) is 0 Å². The summed E-state index contributed by atoms with van der Waals surface area (Å²) < 4.78 is 10.9. The lowest BCUT2D eigenvalue weighted by atomic mass is 10.2. The monoisotopic (exact) mass is 352 g/mol. The van der Waals surface area contributed by atoms with E-state index < -0.39 is 5.91 Å². The number of fused-ring (bicyclic) bond motifs is 1. The van der Waals surface area contributed by atoms with E-state index in [-0.39, 0.29) is 11.2 Å². The number of morpholine rings is 1. The fraction of sp³-hybridized carbons (Fsp3) is 0.222. The number of hydrogen-bond donors (Lipinski definition) is 1. The number of rotatable bonds is 3. The zero-order valence-electron chi connectivity index (χ0n) is 13.8. The van der Waals surface area contributed by atoms with Crippen molar-refractivity contribution >= 4 is 28.5 Å². The third kappa shape index (κ3) is 3.27. The molecule has 0 unspecified atom stereocenters. The van der Waals surface area contributed by atoms with Gasteiger partial charge >= 0.3 is 0 Å². The minimum Gasteiger partial charge on any atom is -0.451 e. The number of hydrogen-bond acceptors (Lipinski definition) is 7. The van der Waals surface area contributed by atoms with E-state index in [0.29, 0.717) is 35.8 Å². The van der Waals surface area contributed by atoms with Crippen LogP contribution in [0.1, 0.15) is 10.6 Å². The van der Waals surface area contributed by atoms with Gasteiger partial charge in [0.05, 0.1) is 18.6 Å². The van der Waals surface area contributed by atoms with E-state index in [9.17, 15) is 9.59 Å². The van der Waals surface area contributed by atoms with Crippen molar-refractivity contribution in [3.63, 3.8) is 0 Å². The van der Waals surface area contributed by atoms with Gasteiger partial charge in [0.25, 0.3) is 5.91 Å². The quantitative estimate of drug-likeness (QED) is 0.766. The second-order valence-corrected chi connectivity index (χ2v) is 5.79. The molecule has 1 aromatic carbocycles. The fourth-order valence-corrected chi connectivity index (χ4v) is 2.77. The summed E-state index contributed by atoms with van der Waals surface area (Å²) >= 11 is 0. The zero-order chi connectivity index (χ0) is 17.9. The summed E-state index contributed by atoms with van der Waals surface area (Å²) in [6.45, 7) is 2.72. The molecular formula is C18H16N4O4. The van der Waals surface area contributed by atoms with Crippen molar-refractivity contribution in [1.82, 2.24) is 9.97 Å². The molecule has 8 heteroatoms. The molecule has 0 atom stereocenters. The fourth-order valence-electron chi connectivity index (χ4n) is 2.77. The number of ether oxygens (including phenoxy) is 1. The highest BCUT2D eigenvalue weighted by Gasteiger charge is 2.16. The van der Waals surface area contributed by atoms with E-state index in [0.717, 1.165) is 13.1 Å². The smallest absolute Gasteiger partial charge is 0.292 e. The van der Waals surface area contributed by atoms with Crippen LogP contribution >= 0.6 is 0 Å². The Morgan fingerprint density at radius 1 is 1.12 bits per heavy atom. The predicted molar refractivity (Wildman–Crippen MR) is 95.5 cm³/mol. The molecule has 1 amide bonds. The summed E-state index contributed by atoms with van der Waals surface area (Å²) in [6, 6.07) is 9.65. The molecule has 1 aliphatic heterocycles. The maximum Gasteiger partial charge on any atom is 0.292 e. The molecule has 1 aliphatic rings. The van der Waals surface area contributed by atoms with Gasteiger partial charge in [-0.25, -0.2) is 9.97 Å². The van der Waals surface area contributed by atoms with Crippen LogP contribution in [0, 0.1) is 0 Å². The average Bonchev–Trinajstić information content (AvgIpc) is 2.69. The Morgan fingerprint density at radius 3 is 2.77 bits per heavy atom. The molecule has 8 nitrogen and oxygen atoms in total. The van der Waals surface area contributed by atoms with Crippen LogP contribution in [0.4, 0.5) is 11.6 Å². The Labute approximate surface area is 148 Å². The maximum atomic E-state index is 12.5. The van der Waals surface area contributed by atoms with E-state index >= 15 is 0 Å². The third-order valence-corrected chi connectivity index (χ3v) is 4.09. The second kappa shape index (κ2) is 6.93. The number of amides is 1. The van der Waals surface area contributed by atoms with Crippen LogP contribution in [0.2, 0.25) is 0 Å². The zero-order valence-corrected chi connectivity index (χ0v) is 13.8. The largest absolute Gasteiger partial charge is 0.451 e. The molecule has 132 valence electrons. The highest BCUT2D eigenvalue weighted by atomic mass is 16.5. The Kier molecular flexibility index (Phi) is 4.32. The number of carbonyl (C=O) groups excluding carboxylic acids is 1. The van der Waals surface area contributed by atoms with E-state index in [1.165, 1.54) is 12.4 Å². The molecular weight excluding hydrogens is 336 g/mol. The van der Waals surface area contributed by atoms with Crippen LogP contribution in [-0.4, -0.2) is 42.2 Å². The first kappa shape index (κ1) is 16.2. The first-order chi connectivity index (χ1) is 12.7. The normalized spacial score (nSPS) is 14.4. The lowest BCUT2D eigenvalue weighted by molar-refractivity contribution is 0.0996. The summed E-state index contributed by atoms with van der Waals surface area (Å²) in [5.74, 6) is 0.431. The van der Waals surface area contributed by atoms with Crippen LogP contribution in [0.3, 0.4) is 0 Å². The van der Waals surface area contributed by atoms with Gasteiger partial charge in [0, 0.05) is 25.2 Å². The number of benzene rings is 1. The number of anilines is 2. The summed E-state index contributed by atoms with van der Waals surface area (Å²) in [6.07, 6.45) is 1.39. The Bertz CT molecular complexity index is 1010. The third-order valence-electron chi connectivity index (χ3n) is 4.09. The molecule has 26 heavy (non-hydrogen) atoms. The van der Waals surface area contributed by atoms with Gasteiger partial charge in [-0.1, -0.05) is 12.1 Å². The Morgan fingerprint density at radius 2 is 1.92 bits per heavy atom. The van der Waals surface area contributed by atoms with Gasteiger partial charge in [-0.3, -0.25) is 9.59 Å². The van der Waals surface area contributed by atoms with E-state index in [1.54, 1.807) is 30.3 Å². The average molecular weight is 352 g/mol. The van der Waals surface area contributed by atoms with Crippen molar-refractivity contribution in [2.75, 3.05) is 36.5 Å². The predicted octanol–water partition coefficient (Wildman–Crippen LogP) is 1.67. The lowest BCUT2D eigenvalue weighted by Crippen LogP contribution is -2.36. The summed E-state index contributed by atoms with van der Waals surface area (Å²) in [4.78, 5) is 34.9. The van der Waals surface area contributed by atoms with Crippen molar-refractivity contribution in [1.29, 1.82) is 0 Å². The van der Waals surface area contributed by atoms with Gasteiger partial charge in [-0.2, -0.15) is 0 Å². The molecule has 3 aromatic rings. The van der Waals surface area contributed by atoms with Gasteiger partial charge in [-0.05, 0) is 12.1 Å². The molecule has 0 spiro atoms. The minimum atomic E-state index is -0.542. The molecule has 3 heterocycles. The summed E-state index contributed by atoms with van der Waals surface area (Å²) in [7, 11) is 0. The van der Waals surface area contributed by atoms with Crippen molar-refractivity contribution < 1.29 is 13.9 Å². The highest BCUT2D eigenvalue weighted by Crippen LogP contribution is 2.17. The number of nitrogens with zero attached hydrogens (tertiary/aromatic N) is 3. The van der Waals surface area contributed by atoms with Crippen molar-refractivity contribution in [2.45, 2.75) is 0 Å². The lowest BCUT2D eigenvalue weighted by Gasteiger charge is -2.27. The maximum absolute atomic E-state index is 12.5. The standard InChI is InChI=1S/C18H16N4O4/c23-13-9-15(26-14-4-2-1-3-12(13)14)18(24)21-16-10-17(20-11-19-16)22-5-7-25-8-6-22/h1-4,9-11H,5-8H2,(H,19,20,21,24). The van der Waals surface area contributed by atoms with Crippen LogP contribution in [0.25, 0.3) is 11.0 Å². The van der Waals surface area contributed by atoms with Crippen LogP contribution in [0.5, 0.6) is 0 Å². The van der Waals surface area contributed by atoms with E-state index in [1.807, 2.05) is 0 Å². The van der Waals surface area contributed by atoms with E-state index in [4.69, 9.17) is 9.15 Å².